The molecule has 1 aliphatic carbocycles. The Hall–Kier alpha value is -0.570. The van der Waals surface area contributed by atoms with Gasteiger partial charge in [0.2, 0.25) is 5.91 Å². The van der Waals surface area contributed by atoms with E-state index in [9.17, 15) is 4.79 Å². The lowest BCUT2D eigenvalue weighted by atomic mass is 9.86. The normalized spacial score (nSPS) is 32.7. The number of amides is 1. The van der Waals surface area contributed by atoms with Gasteiger partial charge in [-0.15, -0.1) is 0 Å². The monoisotopic (exact) mass is 196 g/mol. The summed E-state index contributed by atoms with van der Waals surface area (Å²) >= 11 is 0. The number of piperidine rings is 1. The van der Waals surface area contributed by atoms with Crippen molar-refractivity contribution in [3.63, 3.8) is 0 Å². The molecule has 2 aliphatic rings. The Morgan fingerprint density at radius 3 is 2.50 bits per heavy atom. The minimum Gasteiger partial charge on any atom is -0.338 e. The lowest BCUT2D eigenvalue weighted by molar-refractivity contribution is -0.134. The molecule has 1 saturated heterocycles. The van der Waals surface area contributed by atoms with Crippen molar-refractivity contribution in [2.45, 2.75) is 45.7 Å². The second-order valence-corrected chi connectivity index (χ2v) is 5.73. The van der Waals surface area contributed by atoms with Crippen molar-refractivity contribution >= 4 is 5.91 Å². The van der Waals surface area contributed by atoms with Crippen molar-refractivity contribution in [3.05, 3.63) is 0 Å². The van der Waals surface area contributed by atoms with Gasteiger partial charge in [-0.05, 0) is 24.2 Å². The second-order valence-electron chi connectivity index (χ2n) is 5.73. The highest BCUT2D eigenvalue weighted by Gasteiger charge is 2.50. The first-order valence-corrected chi connectivity index (χ1v) is 5.47. The predicted molar refractivity (Wildman–Crippen MR) is 55.7 cm³/mol. The van der Waals surface area contributed by atoms with Crippen LogP contribution in [0, 0.1) is 11.3 Å². The lowest BCUT2D eigenvalue weighted by Crippen LogP contribution is -2.50. The van der Waals surface area contributed by atoms with E-state index in [1.165, 1.54) is 12.8 Å². The van der Waals surface area contributed by atoms with Crippen LogP contribution in [0.4, 0.5) is 0 Å². The average Bonchev–Trinajstić information content (AvgIpc) is 2.74. The highest BCUT2D eigenvalue weighted by atomic mass is 16.2. The van der Waals surface area contributed by atoms with Crippen molar-refractivity contribution < 1.29 is 4.79 Å². The molecule has 0 unspecified atom stereocenters. The summed E-state index contributed by atoms with van der Waals surface area (Å²) in [7, 11) is 0. The van der Waals surface area contributed by atoms with E-state index in [1.807, 2.05) is 25.7 Å². The Balaban J connectivity index is 2.01. The molecule has 3 atom stereocenters. The van der Waals surface area contributed by atoms with Crippen molar-refractivity contribution in [1.29, 1.82) is 0 Å². The molecule has 2 fully saturated rings. The largest absolute Gasteiger partial charge is 0.338 e. The summed E-state index contributed by atoms with van der Waals surface area (Å²) < 4.78 is 0. The number of likely N-dealkylation sites (tertiary alicyclic amines) is 1. The minimum absolute atomic E-state index is 0.121. The summed E-state index contributed by atoms with van der Waals surface area (Å²) in [5, 5.41) is 0. The molecule has 0 aromatic carbocycles. The van der Waals surface area contributed by atoms with Crippen molar-refractivity contribution in [2.24, 2.45) is 17.1 Å². The molecule has 0 bridgehead atoms. The van der Waals surface area contributed by atoms with E-state index in [2.05, 4.69) is 0 Å². The lowest BCUT2D eigenvalue weighted by Gasteiger charge is -2.30. The van der Waals surface area contributed by atoms with Gasteiger partial charge in [0, 0.05) is 12.6 Å². The molecule has 1 heterocycles. The molecule has 1 aliphatic heterocycles. The Labute approximate surface area is 85.6 Å². The Morgan fingerprint density at radius 1 is 1.50 bits per heavy atom. The van der Waals surface area contributed by atoms with Crippen LogP contribution in [0.2, 0.25) is 0 Å². The Morgan fingerprint density at radius 2 is 2.14 bits per heavy atom. The molecule has 0 aromatic heterocycles. The topological polar surface area (TPSA) is 46.3 Å². The standard InChI is InChI=1S/C11H20N2O/c1-11(2,3)9(12)10(14)13-5-4-7-6-8(7)13/h7-9H,4-6,12H2,1-3H3/t7-,8+,9-/m1/s1. The van der Waals surface area contributed by atoms with E-state index in [4.69, 9.17) is 5.73 Å². The number of rotatable bonds is 1. The molecule has 2 rings (SSSR count). The molecule has 2 N–H and O–H groups in total. The molecular formula is C11H20N2O. The molecule has 80 valence electrons. The third kappa shape index (κ3) is 1.54. The average molecular weight is 196 g/mol. The van der Waals surface area contributed by atoms with Crippen molar-refractivity contribution in [1.82, 2.24) is 4.90 Å². The highest BCUT2D eigenvalue weighted by molar-refractivity contribution is 5.83. The van der Waals surface area contributed by atoms with Crippen molar-refractivity contribution in [2.75, 3.05) is 6.54 Å². The van der Waals surface area contributed by atoms with E-state index in [0.717, 1.165) is 12.5 Å². The fraction of sp³-hybridized carbons (Fsp3) is 0.909. The van der Waals surface area contributed by atoms with Crippen LogP contribution in [0.15, 0.2) is 0 Å². The molecule has 1 amide bonds. The van der Waals surface area contributed by atoms with Crippen LogP contribution in [0.1, 0.15) is 33.6 Å². The molecule has 0 radical (unpaired) electrons. The number of hydrogen-bond donors (Lipinski definition) is 1. The van der Waals surface area contributed by atoms with Crippen LogP contribution in [0.5, 0.6) is 0 Å². The summed E-state index contributed by atoms with van der Waals surface area (Å²) in [5.41, 5.74) is 5.84. The second kappa shape index (κ2) is 2.96. The third-order valence-electron chi connectivity index (χ3n) is 3.51. The summed E-state index contributed by atoms with van der Waals surface area (Å²) in [6, 6.07) is 0.192. The van der Waals surface area contributed by atoms with Crippen LogP contribution in [0.25, 0.3) is 0 Å². The van der Waals surface area contributed by atoms with Gasteiger partial charge in [-0.1, -0.05) is 20.8 Å². The maximum absolute atomic E-state index is 12.0. The third-order valence-corrected chi connectivity index (χ3v) is 3.51. The minimum atomic E-state index is -0.346. The van der Waals surface area contributed by atoms with Crippen molar-refractivity contribution in [3.8, 4) is 0 Å². The summed E-state index contributed by atoms with van der Waals surface area (Å²) in [5.74, 6) is 0.952. The smallest absolute Gasteiger partial charge is 0.240 e. The molecule has 0 spiro atoms. The van der Waals surface area contributed by atoms with Gasteiger partial charge in [0.15, 0.2) is 0 Å². The maximum Gasteiger partial charge on any atom is 0.240 e. The number of carbonyl (C=O) groups excluding carboxylic acids is 1. The number of nitrogens with two attached hydrogens (primary N) is 1. The zero-order valence-electron chi connectivity index (χ0n) is 9.29. The van der Waals surface area contributed by atoms with Gasteiger partial charge in [0.05, 0.1) is 6.04 Å². The Kier molecular flexibility index (Phi) is 2.11. The van der Waals surface area contributed by atoms with Crippen LogP contribution in [-0.4, -0.2) is 29.4 Å². The maximum atomic E-state index is 12.0. The van der Waals surface area contributed by atoms with Gasteiger partial charge < -0.3 is 10.6 Å². The molecule has 0 aromatic rings. The molecular weight excluding hydrogens is 176 g/mol. The number of fused-ring (bicyclic) bond motifs is 1. The van der Waals surface area contributed by atoms with Gasteiger partial charge in [0.25, 0.3) is 0 Å². The first-order valence-electron chi connectivity index (χ1n) is 5.47. The first kappa shape index (κ1) is 9.97. The van der Waals surface area contributed by atoms with E-state index in [-0.39, 0.29) is 17.4 Å². The number of nitrogens with zero attached hydrogens (tertiary/aromatic N) is 1. The van der Waals surface area contributed by atoms with Gasteiger partial charge in [-0.2, -0.15) is 0 Å². The van der Waals surface area contributed by atoms with Crippen LogP contribution in [0.3, 0.4) is 0 Å². The molecule has 3 nitrogen and oxygen atoms in total. The SMILES string of the molecule is CC(C)(C)[C@H](N)C(=O)N1CC[C@@H]2C[C@@H]21. The predicted octanol–water partition coefficient (Wildman–Crippen LogP) is 0.981. The quantitative estimate of drug-likeness (QED) is 0.679. The summed E-state index contributed by atoms with van der Waals surface area (Å²) in [6.07, 6.45) is 2.40. The number of carbonyl (C=O) groups is 1. The van der Waals surface area contributed by atoms with E-state index >= 15 is 0 Å². The fourth-order valence-electron chi connectivity index (χ4n) is 2.22. The fourth-order valence-corrected chi connectivity index (χ4v) is 2.22. The van der Waals surface area contributed by atoms with Crippen LogP contribution < -0.4 is 5.73 Å². The van der Waals surface area contributed by atoms with Gasteiger partial charge in [-0.3, -0.25) is 4.79 Å². The molecule has 1 saturated carbocycles. The molecule has 14 heavy (non-hydrogen) atoms. The van der Waals surface area contributed by atoms with E-state index in [1.54, 1.807) is 0 Å². The first-order chi connectivity index (χ1) is 6.41. The van der Waals surface area contributed by atoms with E-state index in [0.29, 0.717) is 6.04 Å². The van der Waals surface area contributed by atoms with E-state index < -0.39 is 0 Å². The Bertz CT molecular complexity index is 253. The summed E-state index contributed by atoms with van der Waals surface area (Å²) in [6.45, 7) is 7.00. The number of hydrogen-bond acceptors (Lipinski definition) is 2. The van der Waals surface area contributed by atoms with Gasteiger partial charge >= 0.3 is 0 Å². The molecule has 3 heteroatoms. The van der Waals surface area contributed by atoms with Gasteiger partial charge in [0.1, 0.15) is 0 Å². The highest BCUT2D eigenvalue weighted by Crippen LogP contribution is 2.44. The van der Waals surface area contributed by atoms with Crippen LogP contribution >= 0.6 is 0 Å². The van der Waals surface area contributed by atoms with Gasteiger partial charge in [-0.25, -0.2) is 0 Å². The zero-order chi connectivity index (χ0) is 10.5. The summed E-state index contributed by atoms with van der Waals surface area (Å²) in [4.78, 5) is 14.0. The van der Waals surface area contributed by atoms with Crippen LogP contribution in [-0.2, 0) is 4.79 Å². The zero-order valence-corrected chi connectivity index (χ0v) is 9.29.